The molecule has 1 aliphatic heterocycles. The molecule has 1 aromatic carbocycles. The number of hydrogen-bond acceptors (Lipinski definition) is 4. The van der Waals surface area contributed by atoms with Crippen molar-refractivity contribution in [2.45, 2.75) is 13.5 Å². The molecule has 20 heavy (non-hydrogen) atoms. The summed E-state index contributed by atoms with van der Waals surface area (Å²) < 4.78 is 5.32. The first-order valence-corrected chi connectivity index (χ1v) is 6.85. The van der Waals surface area contributed by atoms with Crippen molar-refractivity contribution < 1.29 is 4.74 Å². The molecular weight excluding hydrogens is 250 g/mol. The highest BCUT2D eigenvalue weighted by Crippen LogP contribution is 2.29. The average Bonchev–Trinajstić information content (AvgIpc) is 2.47. The second kappa shape index (κ2) is 5.41. The van der Waals surface area contributed by atoms with Crippen molar-refractivity contribution in [3.63, 3.8) is 0 Å². The molecule has 3 rings (SSSR count). The quantitative estimate of drug-likeness (QED) is 0.929. The van der Waals surface area contributed by atoms with Gasteiger partial charge in [0.1, 0.15) is 5.75 Å². The van der Waals surface area contributed by atoms with E-state index in [0.29, 0.717) is 0 Å². The molecule has 104 valence electrons. The number of benzene rings is 1. The number of nitrogens with one attached hydrogen (secondary N) is 1. The van der Waals surface area contributed by atoms with Crippen LogP contribution in [0.5, 0.6) is 5.75 Å². The SMILES string of the molecule is COc1cc(C)nc(CN2CCNc3ccccc32)c1. The van der Waals surface area contributed by atoms with E-state index in [1.54, 1.807) is 7.11 Å². The third-order valence-corrected chi connectivity index (χ3v) is 3.51. The lowest BCUT2D eigenvalue weighted by Gasteiger charge is -2.31. The van der Waals surface area contributed by atoms with Crippen LogP contribution in [0.1, 0.15) is 11.4 Å². The Balaban J connectivity index is 1.87. The standard InChI is InChI=1S/C16H19N3O/c1-12-9-14(20-2)10-13(18-12)11-19-8-7-17-15-5-3-4-6-16(15)19/h3-6,9-10,17H,7-8,11H2,1-2H3. The Morgan fingerprint density at radius 3 is 3.00 bits per heavy atom. The number of aromatic nitrogens is 1. The summed E-state index contributed by atoms with van der Waals surface area (Å²) in [5, 5.41) is 3.43. The van der Waals surface area contributed by atoms with Gasteiger partial charge in [-0.15, -0.1) is 0 Å². The van der Waals surface area contributed by atoms with E-state index in [4.69, 9.17) is 4.74 Å². The van der Waals surface area contributed by atoms with Crippen LogP contribution >= 0.6 is 0 Å². The number of rotatable bonds is 3. The number of hydrogen-bond donors (Lipinski definition) is 1. The van der Waals surface area contributed by atoms with E-state index in [-0.39, 0.29) is 0 Å². The molecule has 0 aliphatic carbocycles. The molecule has 0 bridgehead atoms. The number of anilines is 2. The first kappa shape index (κ1) is 12.8. The molecule has 0 fully saturated rings. The number of ether oxygens (including phenoxy) is 1. The molecule has 1 aliphatic rings. The minimum absolute atomic E-state index is 0.802. The third kappa shape index (κ3) is 2.54. The van der Waals surface area contributed by atoms with Crippen LogP contribution < -0.4 is 15.0 Å². The molecule has 0 atom stereocenters. The van der Waals surface area contributed by atoms with Crippen molar-refractivity contribution in [1.82, 2.24) is 4.98 Å². The molecule has 0 amide bonds. The molecule has 4 heteroatoms. The summed E-state index contributed by atoms with van der Waals surface area (Å²) in [6.45, 7) is 4.74. The number of nitrogens with zero attached hydrogens (tertiary/aromatic N) is 2. The smallest absolute Gasteiger partial charge is 0.122 e. The molecule has 2 heterocycles. The molecule has 0 unspecified atom stereocenters. The molecule has 2 aromatic rings. The first-order chi connectivity index (χ1) is 9.76. The van der Waals surface area contributed by atoms with Gasteiger partial charge in [-0.1, -0.05) is 12.1 Å². The molecule has 0 saturated heterocycles. The lowest BCUT2D eigenvalue weighted by atomic mass is 10.2. The maximum Gasteiger partial charge on any atom is 0.122 e. The van der Waals surface area contributed by atoms with Gasteiger partial charge in [0.15, 0.2) is 0 Å². The van der Waals surface area contributed by atoms with Crippen LogP contribution in [0.3, 0.4) is 0 Å². The van der Waals surface area contributed by atoms with Crippen molar-refractivity contribution in [3.8, 4) is 5.75 Å². The lowest BCUT2D eigenvalue weighted by Crippen LogP contribution is -2.33. The van der Waals surface area contributed by atoms with E-state index >= 15 is 0 Å². The highest BCUT2D eigenvalue weighted by molar-refractivity contribution is 5.71. The van der Waals surface area contributed by atoms with Gasteiger partial charge in [-0.3, -0.25) is 4.98 Å². The van der Waals surface area contributed by atoms with Gasteiger partial charge in [0.05, 0.1) is 30.7 Å². The van der Waals surface area contributed by atoms with Gasteiger partial charge in [0.25, 0.3) is 0 Å². The minimum Gasteiger partial charge on any atom is -0.497 e. The fourth-order valence-electron chi connectivity index (χ4n) is 2.61. The van der Waals surface area contributed by atoms with E-state index < -0.39 is 0 Å². The Bertz CT molecular complexity index is 612. The van der Waals surface area contributed by atoms with Gasteiger partial charge in [0.2, 0.25) is 0 Å². The van der Waals surface area contributed by atoms with Crippen LogP contribution in [0.15, 0.2) is 36.4 Å². The van der Waals surface area contributed by atoms with Crippen LogP contribution in [-0.2, 0) is 6.54 Å². The number of aryl methyl sites for hydroxylation is 1. The molecule has 1 N–H and O–H groups in total. The van der Waals surface area contributed by atoms with E-state index in [1.165, 1.54) is 11.4 Å². The van der Waals surface area contributed by atoms with Crippen LogP contribution in [-0.4, -0.2) is 25.2 Å². The second-order valence-electron chi connectivity index (χ2n) is 5.01. The highest BCUT2D eigenvalue weighted by Gasteiger charge is 2.16. The van der Waals surface area contributed by atoms with Gasteiger partial charge in [-0.2, -0.15) is 0 Å². The maximum atomic E-state index is 5.32. The summed E-state index contributed by atoms with van der Waals surface area (Å²) in [7, 11) is 1.69. The fourth-order valence-corrected chi connectivity index (χ4v) is 2.61. The molecular formula is C16H19N3O. The Morgan fingerprint density at radius 1 is 1.30 bits per heavy atom. The topological polar surface area (TPSA) is 37.4 Å². The van der Waals surface area contributed by atoms with E-state index in [2.05, 4.69) is 39.5 Å². The van der Waals surface area contributed by atoms with Gasteiger partial charge < -0.3 is 15.0 Å². The number of pyridine rings is 1. The molecule has 1 aromatic heterocycles. The fraction of sp³-hybridized carbons (Fsp3) is 0.312. The third-order valence-electron chi connectivity index (χ3n) is 3.51. The normalized spacial score (nSPS) is 13.6. The van der Waals surface area contributed by atoms with Crippen LogP contribution in [0.2, 0.25) is 0 Å². The summed E-state index contributed by atoms with van der Waals surface area (Å²) in [5.41, 5.74) is 4.46. The van der Waals surface area contributed by atoms with E-state index in [1.807, 2.05) is 19.1 Å². The Hall–Kier alpha value is -2.23. The lowest BCUT2D eigenvalue weighted by molar-refractivity contribution is 0.413. The van der Waals surface area contributed by atoms with Crippen LogP contribution in [0, 0.1) is 6.92 Å². The van der Waals surface area contributed by atoms with Gasteiger partial charge in [0, 0.05) is 30.9 Å². The first-order valence-electron chi connectivity index (χ1n) is 6.85. The Labute approximate surface area is 119 Å². The van der Waals surface area contributed by atoms with Gasteiger partial charge >= 0.3 is 0 Å². The molecule has 0 spiro atoms. The van der Waals surface area contributed by atoms with Crippen molar-refractivity contribution in [3.05, 3.63) is 47.8 Å². The second-order valence-corrected chi connectivity index (χ2v) is 5.01. The molecule has 4 nitrogen and oxygen atoms in total. The van der Waals surface area contributed by atoms with Crippen LogP contribution in [0.4, 0.5) is 11.4 Å². The zero-order valence-electron chi connectivity index (χ0n) is 11.9. The van der Waals surface area contributed by atoms with Crippen molar-refractivity contribution >= 4 is 11.4 Å². The predicted octanol–water partition coefficient (Wildman–Crippen LogP) is 2.83. The van der Waals surface area contributed by atoms with E-state index in [0.717, 1.165) is 36.8 Å². The van der Waals surface area contributed by atoms with Crippen molar-refractivity contribution in [1.29, 1.82) is 0 Å². The number of para-hydroxylation sites is 2. The molecule has 0 radical (unpaired) electrons. The van der Waals surface area contributed by atoms with Crippen molar-refractivity contribution in [2.75, 3.05) is 30.4 Å². The zero-order valence-corrected chi connectivity index (χ0v) is 11.9. The summed E-state index contributed by atoms with van der Waals surface area (Å²) in [4.78, 5) is 6.96. The number of methoxy groups -OCH3 is 1. The zero-order chi connectivity index (χ0) is 13.9. The summed E-state index contributed by atoms with van der Waals surface area (Å²) in [5.74, 6) is 0.871. The Kier molecular flexibility index (Phi) is 3.46. The predicted molar refractivity (Wildman–Crippen MR) is 81.5 cm³/mol. The largest absolute Gasteiger partial charge is 0.497 e. The number of fused-ring (bicyclic) bond motifs is 1. The van der Waals surface area contributed by atoms with Crippen LogP contribution in [0.25, 0.3) is 0 Å². The molecule has 0 saturated carbocycles. The summed E-state index contributed by atoms with van der Waals surface area (Å²) in [6, 6.07) is 12.4. The van der Waals surface area contributed by atoms with Crippen molar-refractivity contribution in [2.24, 2.45) is 0 Å². The minimum atomic E-state index is 0.802. The maximum absolute atomic E-state index is 5.32. The monoisotopic (exact) mass is 269 g/mol. The Morgan fingerprint density at radius 2 is 2.15 bits per heavy atom. The van der Waals surface area contributed by atoms with Gasteiger partial charge in [-0.25, -0.2) is 0 Å². The highest BCUT2D eigenvalue weighted by atomic mass is 16.5. The average molecular weight is 269 g/mol. The van der Waals surface area contributed by atoms with Gasteiger partial charge in [-0.05, 0) is 19.1 Å². The summed E-state index contributed by atoms with van der Waals surface area (Å²) >= 11 is 0. The summed E-state index contributed by atoms with van der Waals surface area (Å²) in [6.07, 6.45) is 0. The van der Waals surface area contributed by atoms with E-state index in [9.17, 15) is 0 Å².